The van der Waals surface area contributed by atoms with E-state index in [1.807, 2.05) is 35.2 Å². The zero-order valence-electron chi connectivity index (χ0n) is 12.6. The summed E-state index contributed by atoms with van der Waals surface area (Å²) in [6.45, 7) is 1.72. The Hall–Kier alpha value is -1.42. The summed E-state index contributed by atoms with van der Waals surface area (Å²) in [6.07, 6.45) is 5.57. The molecule has 0 saturated heterocycles. The molecule has 21 heavy (non-hydrogen) atoms. The number of carboxylic acids is 1. The molecule has 1 aliphatic carbocycles. The molecular weight excluding hydrogens is 269 g/mol. The van der Waals surface area contributed by atoms with Gasteiger partial charge in [0, 0.05) is 19.1 Å². The number of carboxylic acid groups (broad SMARTS) is 1. The van der Waals surface area contributed by atoms with Gasteiger partial charge >= 0.3 is 5.97 Å². The first-order valence-corrected chi connectivity index (χ1v) is 7.69. The molecule has 116 valence electrons. The van der Waals surface area contributed by atoms with Crippen molar-refractivity contribution >= 4 is 5.97 Å². The van der Waals surface area contributed by atoms with E-state index in [9.17, 15) is 9.18 Å². The first kappa shape index (κ1) is 16.0. The Morgan fingerprint density at radius 3 is 2.48 bits per heavy atom. The third kappa shape index (κ3) is 4.53. The Labute approximate surface area is 125 Å². The van der Waals surface area contributed by atoms with Gasteiger partial charge in [0.05, 0.1) is 0 Å². The molecule has 1 aromatic carbocycles. The van der Waals surface area contributed by atoms with Gasteiger partial charge in [-0.2, -0.15) is 0 Å². The molecule has 0 heterocycles. The number of rotatable bonds is 6. The number of carbonyl (C=O) groups is 1. The number of halogens is 1. The van der Waals surface area contributed by atoms with Crippen molar-refractivity contribution in [2.24, 2.45) is 0 Å². The summed E-state index contributed by atoms with van der Waals surface area (Å²) in [5.41, 5.74) is -1.10. The van der Waals surface area contributed by atoms with Crippen LogP contribution in [-0.4, -0.2) is 34.2 Å². The van der Waals surface area contributed by atoms with Gasteiger partial charge in [-0.25, -0.2) is 9.18 Å². The average molecular weight is 293 g/mol. The van der Waals surface area contributed by atoms with Crippen molar-refractivity contribution in [2.45, 2.75) is 57.3 Å². The summed E-state index contributed by atoms with van der Waals surface area (Å²) in [7, 11) is 0. The van der Waals surface area contributed by atoms with Crippen LogP contribution in [0.2, 0.25) is 0 Å². The molecular formula is C17H24FNO2. The molecule has 1 fully saturated rings. The normalized spacial score (nSPS) is 19.4. The molecule has 4 heteroatoms. The summed E-state index contributed by atoms with van der Waals surface area (Å²) in [6, 6.07) is 10.2. The molecule has 0 spiro atoms. The van der Waals surface area contributed by atoms with Crippen molar-refractivity contribution < 1.29 is 14.3 Å². The number of alkyl halides is 1. The van der Waals surface area contributed by atoms with Crippen molar-refractivity contribution in [1.82, 2.24) is 4.90 Å². The third-order valence-electron chi connectivity index (χ3n) is 4.27. The Kier molecular flexibility index (Phi) is 5.34. The minimum absolute atomic E-state index is 0.0537. The van der Waals surface area contributed by atoms with Gasteiger partial charge in [0.15, 0.2) is 0 Å². The van der Waals surface area contributed by atoms with Gasteiger partial charge in [0.2, 0.25) is 5.67 Å². The molecule has 1 aliphatic rings. The maximum absolute atomic E-state index is 14.3. The molecule has 1 aromatic rings. The van der Waals surface area contributed by atoms with Crippen LogP contribution in [0.4, 0.5) is 4.39 Å². The Morgan fingerprint density at radius 2 is 1.90 bits per heavy atom. The molecule has 0 bridgehead atoms. The molecule has 0 amide bonds. The largest absolute Gasteiger partial charge is 0.479 e. The van der Waals surface area contributed by atoms with Gasteiger partial charge in [0.25, 0.3) is 0 Å². The second-order valence-corrected chi connectivity index (χ2v) is 6.19. The Balaban J connectivity index is 2.11. The summed E-state index contributed by atoms with van der Waals surface area (Å²) in [5, 5.41) is 9.05. The van der Waals surface area contributed by atoms with E-state index in [0.29, 0.717) is 6.54 Å². The second-order valence-electron chi connectivity index (χ2n) is 6.19. The third-order valence-corrected chi connectivity index (χ3v) is 4.27. The van der Waals surface area contributed by atoms with E-state index >= 15 is 0 Å². The number of hydrogen-bond acceptors (Lipinski definition) is 2. The van der Waals surface area contributed by atoms with Crippen LogP contribution in [0, 0.1) is 0 Å². The first-order valence-electron chi connectivity index (χ1n) is 7.69. The highest BCUT2D eigenvalue weighted by Crippen LogP contribution is 2.26. The lowest BCUT2D eigenvalue weighted by Crippen LogP contribution is -2.47. The highest BCUT2D eigenvalue weighted by atomic mass is 19.1. The fourth-order valence-corrected chi connectivity index (χ4v) is 3.03. The van der Waals surface area contributed by atoms with Crippen LogP contribution >= 0.6 is 0 Å². The summed E-state index contributed by atoms with van der Waals surface area (Å²) in [5.74, 6) is -1.38. The van der Waals surface area contributed by atoms with Gasteiger partial charge in [-0.1, -0.05) is 49.6 Å². The molecule has 0 aromatic heterocycles. The number of nitrogens with zero attached hydrogens (tertiary/aromatic N) is 1. The van der Waals surface area contributed by atoms with E-state index in [-0.39, 0.29) is 12.6 Å². The van der Waals surface area contributed by atoms with E-state index in [4.69, 9.17) is 5.11 Å². The highest BCUT2D eigenvalue weighted by molar-refractivity contribution is 5.77. The molecule has 1 N–H and O–H groups in total. The predicted molar refractivity (Wildman–Crippen MR) is 80.9 cm³/mol. The molecule has 1 unspecified atom stereocenters. The lowest BCUT2D eigenvalue weighted by Gasteiger charge is -2.36. The van der Waals surface area contributed by atoms with Gasteiger partial charge in [-0.05, 0) is 25.3 Å². The monoisotopic (exact) mass is 293 g/mol. The quantitative estimate of drug-likeness (QED) is 0.870. The standard InChI is InChI=1S/C17H24FNO2/c1-17(18,16(20)21)13-19(15-10-6-3-7-11-15)12-14-8-4-2-5-9-14/h2,4-5,8-9,15H,3,6-7,10-13H2,1H3,(H,20,21). The van der Waals surface area contributed by atoms with Crippen LogP contribution in [0.5, 0.6) is 0 Å². The second kappa shape index (κ2) is 7.03. The summed E-state index contributed by atoms with van der Waals surface area (Å²) >= 11 is 0. The van der Waals surface area contributed by atoms with E-state index in [1.54, 1.807) is 0 Å². The van der Waals surface area contributed by atoms with Gasteiger partial charge in [-0.3, -0.25) is 4.90 Å². The van der Waals surface area contributed by atoms with E-state index < -0.39 is 11.6 Å². The van der Waals surface area contributed by atoms with Gasteiger partial charge in [-0.15, -0.1) is 0 Å². The summed E-state index contributed by atoms with van der Waals surface area (Å²) in [4.78, 5) is 13.1. The fraction of sp³-hybridized carbons (Fsp3) is 0.588. The van der Waals surface area contributed by atoms with Crippen molar-refractivity contribution in [2.75, 3.05) is 6.54 Å². The maximum atomic E-state index is 14.3. The average Bonchev–Trinajstić information content (AvgIpc) is 2.48. The highest BCUT2D eigenvalue weighted by Gasteiger charge is 2.37. The van der Waals surface area contributed by atoms with Crippen LogP contribution in [0.25, 0.3) is 0 Å². The topological polar surface area (TPSA) is 40.5 Å². The number of aliphatic carboxylic acids is 1. The Morgan fingerprint density at radius 1 is 1.29 bits per heavy atom. The molecule has 2 rings (SSSR count). The maximum Gasteiger partial charge on any atom is 0.342 e. The van der Waals surface area contributed by atoms with Crippen LogP contribution in [0.1, 0.15) is 44.6 Å². The lowest BCUT2D eigenvalue weighted by atomic mass is 9.92. The first-order chi connectivity index (χ1) is 9.99. The van der Waals surface area contributed by atoms with Crippen LogP contribution in [0.3, 0.4) is 0 Å². The molecule has 1 saturated carbocycles. The number of benzene rings is 1. The minimum Gasteiger partial charge on any atom is -0.479 e. The molecule has 1 atom stereocenters. The van der Waals surface area contributed by atoms with Gasteiger partial charge < -0.3 is 5.11 Å². The minimum atomic E-state index is -2.20. The van der Waals surface area contributed by atoms with Crippen molar-refractivity contribution in [3.63, 3.8) is 0 Å². The SMILES string of the molecule is CC(F)(CN(Cc1ccccc1)C1CCCCC1)C(=O)O. The fourth-order valence-electron chi connectivity index (χ4n) is 3.03. The van der Waals surface area contributed by atoms with E-state index in [0.717, 1.165) is 38.2 Å². The van der Waals surface area contributed by atoms with Crippen LogP contribution < -0.4 is 0 Å². The summed E-state index contributed by atoms with van der Waals surface area (Å²) < 4.78 is 14.3. The Bertz CT molecular complexity index is 455. The zero-order valence-corrected chi connectivity index (χ0v) is 12.6. The van der Waals surface area contributed by atoms with Crippen molar-refractivity contribution in [3.05, 3.63) is 35.9 Å². The zero-order chi connectivity index (χ0) is 15.3. The predicted octanol–water partition coefficient (Wildman–Crippen LogP) is 3.63. The van der Waals surface area contributed by atoms with Crippen LogP contribution in [-0.2, 0) is 11.3 Å². The molecule has 3 nitrogen and oxygen atoms in total. The van der Waals surface area contributed by atoms with Gasteiger partial charge in [0.1, 0.15) is 0 Å². The molecule has 0 aliphatic heterocycles. The van der Waals surface area contributed by atoms with E-state index in [2.05, 4.69) is 0 Å². The smallest absolute Gasteiger partial charge is 0.342 e. The van der Waals surface area contributed by atoms with Crippen LogP contribution in [0.15, 0.2) is 30.3 Å². The number of hydrogen-bond donors (Lipinski definition) is 1. The van der Waals surface area contributed by atoms with Crippen molar-refractivity contribution in [1.29, 1.82) is 0 Å². The van der Waals surface area contributed by atoms with Crippen molar-refractivity contribution in [3.8, 4) is 0 Å². The van der Waals surface area contributed by atoms with E-state index in [1.165, 1.54) is 6.42 Å². The lowest BCUT2D eigenvalue weighted by molar-refractivity contribution is -0.151. The molecule has 0 radical (unpaired) electrons.